The van der Waals surface area contributed by atoms with Gasteiger partial charge in [-0.05, 0) is 6.07 Å². The van der Waals surface area contributed by atoms with Crippen LogP contribution >= 0.6 is 15.9 Å². The second-order valence-corrected chi connectivity index (χ2v) is 6.64. The molecule has 0 spiro atoms. The average Bonchev–Trinajstić information content (AvgIpc) is 2.64. The van der Waals surface area contributed by atoms with E-state index in [-0.39, 0.29) is 18.1 Å². The smallest absolute Gasteiger partial charge is 0.379 e. The van der Waals surface area contributed by atoms with Crippen molar-refractivity contribution in [3.05, 3.63) is 30.7 Å². The highest BCUT2D eigenvalue weighted by atomic mass is 79.9. The number of hydrogen-bond acceptors (Lipinski definition) is 6. The molecule has 2 aromatic heterocycles. The van der Waals surface area contributed by atoms with Crippen LogP contribution in [-0.2, 0) is 4.79 Å². The maximum Gasteiger partial charge on any atom is 0.379 e. The molecule has 0 bridgehead atoms. The van der Waals surface area contributed by atoms with Crippen molar-refractivity contribution in [2.45, 2.75) is 30.5 Å². The number of nitrogens with zero attached hydrogens (tertiary/aromatic N) is 3. The van der Waals surface area contributed by atoms with Gasteiger partial charge in [0.1, 0.15) is 0 Å². The van der Waals surface area contributed by atoms with Gasteiger partial charge in [-0.3, -0.25) is 20.6 Å². The van der Waals surface area contributed by atoms with Crippen LogP contribution < -0.4 is 15.6 Å². The molecule has 12 heteroatoms. The molecule has 2 rings (SSSR count). The number of amides is 1. The lowest BCUT2D eigenvalue weighted by Crippen LogP contribution is -2.39. The van der Waals surface area contributed by atoms with E-state index in [0.29, 0.717) is 17.7 Å². The number of rotatable bonds is 9. The number of anilines is 1. The van der Waals surface area contributed by atoms with Crippen LogP contribution in [0.1, 0.15) is 19.8 Å². The number of carbonyl (C=O) groups is 1. The van der Waals surface area contributed by atoms with Crippen molar-refractivity contribution >= 4 is 27.7 Å². The van der Waals surface area contributed by atoms with E-state index in [4.69, 9.17) is 4.74 Å². The zero-order chi connectivity index (χ0) is 20.8. The molecule has 2 N–H and O–H groups in total. The number of pyridine rings is 1. The maximum atomic E-state index is 13.4. The number of hydrazine groups is 1. The van der Waals surface area contributed by atoms with Crippen LogP contribution in [0.4, 0.5) is 23.4 Å². The van der Waals surface area contributed by atoms with Gasteiger partial charge < -0.3 is 4.74 Å². The summed E-state index contributed by atoms with van der Waals surface area (Å²) in [5.74, 6) is -4.44. The molecule has 0 aliphatic carbocycles. The van der Waals surface area contributed by atoms with Gasteiger partial charge in [-0.15, -0.1) is 0 Å². The number of hydrogen-bond donors (Lipinski definition) is 2. The topological polar surface area (TPSA) is 89.0 Å². The second kappa shape index (κ2) is 9.13. The zero-order valence-corrected chi connectivity index (χ0v) is 16.1. The molecule has 28 heavy (non-hydrogen) atoms. The number of alkyl halides is 5. The third-order valence-electron chi connectivity index (χ3n) is 3.29. The molecule has 0 aliphatic heterocycles. The van der Waals surface area contributed by atoms with Crippen LogP contribution in [0.15, 0.2) is 30.7 Å². The van der Waals surface area contributed by atoms with E-state index in [1.54, 1.807) is 18.4 Å². The van der Waals surface area contributed by atoms with Crippen LogP contribution in [0.3, 0.4) is 0 Å². The van der Waals surface area contributed by atoms with Gasteiger partial charge in [-0.2, -0.15) is 8.78 Å². The molecule has 152 valence electrons. The van der Waals surface area contributed by atoms with Gasteiger partial charge in [0.05, 0.1) is 18.1 Å². The fourth-order valence-electron chi connectivity index (χ4n) is 1.97. The molecule has 2 heterocycles. The highest BCUT2D eigenvalue weighted by Gasteiger charge is 2.35. The quantitative estimate of drug-likeness (QED) is 0.332. The minimum absolute atomic E-state index is 0.0277. The fourth-order valence-corrected chi connectivity index (χ4v) is 2.07. The minimum Gasteiger partial charge on any atom is -0.471 e. The van der Waals surface area contributed by atoms with Crippen LogP contribution in [-0.4, -0.2) is 38.2 Å². The van der Waals surface area contributed by atoms with Gasteiger partial charge in [-0.1, -0.05) is 13.3 Å². The van der Waals surface area contributed by atoms with E-state index >= 15 is 0 Å². The van der Waals surface area contributed by atoms with Crippen molar-refractivity contribution in [3.8, 4) is 17.1 Å². The lowest BCUT2D eigenvalue weighted by molar-refractivity contribution is -0.133. The van der Waals surface area contributed by atoms with Crippen molar-refractivity contribution in [1.82, 2.24) is 20.4 Å². The second-order valence-electron chi connectivity index (χ2n) is 5.64. The zero-order valence-electron chi connectivity index (χ0n) is 14.6. The molecule has 0 fully saturated rings. The van der Waals surface area contributed by atoms with Crippen LogP contribution in [0.25, 0.3) is 11.3 Å². The summed E-state index contributed by atoms with van der Waals surface area (Å²) in [5, 5.41) is 0. The molecule has 0 atom stereocenters. The normalized spacial score (nSPS) is 11.8. The molecule has 2 aromatic rings. The number of aromatic nitrogens is 3. The number of ether oxygens (including phenoxy) is 1. The molecule has 0 aliphatic rings. The van der Waals surface area contributed by atoms with Gasteiger partial charge in [-0.25, -0.2) is 18.7 Å². The molecular formula is C16H16BrF4N5O2. The summed E-state index contributed by atoms with van der Waals surface area (Å²) in [6.07, 6.45) is 3.96. The van der Waals surface area contributed by atoms with Crippen molar-refractivity contribution < 1.29 is 27.1 Å². The molecule has 0 radical (unpaired) electrons. The number of carbonyl (C=O) groups excluding carboxylic acids is 1. The Morgan fingerprint density at radius 1 is 1.14 bits per heavy atom. The predicted octanol–water partition coefficient (Wildman–Crippen LogP) is 3.78. The molecule has 1 amide bonds. The van der Waals surface area contributed by atoms with Gasteiger partial charge in [0.25, 0.3) is 5.92 Å². The first kappa shape index (κ1) is 21.8. The molecule has 7 nitrogen and oxygen atoms in total. The van der Waals surface area contributed by atoms with E-state index in [1.165, 1.54) is 24.7 Å². The Kier molecular flexibility index (Phi) is 7.11. The summed E-state index contributed by atoms with van der Waals surface area (Å²) in [5.41, 5.74) is 4.87. The van der Waals surface area contributed by atoms with Gasteiger partial charge in [0.15, 0.2) is 12.4 Å². The lowest BCUT2D eigenvalue weighted by atomic mass is 10.2. The summed E-state index contributed by atoms with van der Waals surface area (Å²) in [6.45, 7) is 0.903. The summed E-state index contributed by atoms with van der Waals surface area (Å²) < 4.78 is 57.2. The number of halogens is 5. The van der Waals surface area contributed by atoms with E-state index in [1.807, 2.05) is 15.9 Å². The Bertz CT molecular complexity index is 785. The third-order valence-corrected chi connectivity index (χ3v) is 3.65. The predicted molar refractivity (Wildman–Crippen MR) is 96.3 cm³/mol. The summed E-state index contributed by atoms with van der Waals surface area (Å²) in [7, 11) is 0. The highest BCUT2D eigenvalue weighted by Crippen LogP contribution is 2.23. The van der Waals surface area contributed by atoms with Gasteiger partial charge in [0, 0.05) is 40.2 Å². The summed E-state index contributed by atoms with van der Waals surface area (Å²) in [4.78, 5) is 19.2. The van der Waals surface area contributed by atoms with Crippen molar-refractivity contribution in [2.24, 2.45) is 0 Å². The Hall–Kier alpha value is -2.50. The SMILES string of the molecule is CCCC(F)(F)COc1ccc(-c2cnc(NNC(=O)C(F)(F)Br)cn2)cn1. The van der Waals surface area contributed by atoms with Crippen molar-refractivity contribution in [2.75, 3.05) is 12.0 Å². The summed E-state index contributed by atoms with van der Waals surface area (Å²) >= 11 is 1.91. The highest BCUT2D eigenvalue weighted by molar-refractivity contribution is 9.10. The van der Waals surface area contributed by atoms with E-state index < -0.39 is 23.3 Å². The minimum atomic E-state index is -3.72. The van der Waals surface area contributed by atoms with Crippen LogP contribution in [0, 0.1) is 0 Å². The van der Waals surface area contributed by atoms with Gasteiger partial charge >= 0.3 is 10.7 Å². The third kappa shape index (κ3) is 6.59. The molecule has 0 aromatic carbocycles. The Morgan fingerprint density at radius 3 is 2.43 bits per heavy atom. The first-order valence-electron chi connectivity index (χ1n) is 8.03. The van der Waals surface area contributed by atoms with Crippen molar-refractivity contribution in [1.29, 1.82) is 0 Å². The monoisotopic (exact) mass is 465 g/mol. The molecule has 0 unspecified atom stereocenters. The molecular weight excluding hydrogens is 450 g/mol. The van der Waals surface area contributed by atoms with Crippen LogP contribution in [0.5, 0.6) is 5.88 Å². The van der Waals surface area contributed by atoms with Crippen molar-refractivity contribution in [3.63, 3.8) is 0 Å². The number of nitrogens with one attached hydrogen (secondary N) is 2. The summed E-state index contributed by atoms with van der Waals surface area (Å²) in [6, 6.07) is 2.98. The largest absolute Gasteiger partial charge is 0.471 e. The lowest BCUT2D eigenvalue weighted by Gasteiger charge is -2.15. The fraction of sp³-hybridized carbons (Fsp3) is 0.375. The Balaban J connectivity index is 1.94. The van der Waals surface area contributed by atoms with E-state index in [2.05, 4.69) is 20.4 Å². The van der Waals surface area contributed by atoms with Crippen LogP contribution in [0.2, 0.25) is 0 Å². The average molecular weight is 466 g/mol. The first-order valence-corrected chi connectivity index (χ1v) is 8.82. The van der Waals surface area contributed by atoms with Gasteiger partial charge in [0.2, 0.25) is 5.88 Å². The molecule has 0 saturated carbocycles. The van der Waals surface area contributed by atoms with E-state index in [0.717, 1.165) is 0 Å². The molecule has 0 saturated heterocycles. The Labute approximate surface area is 166 Å². The Morgan fingerprint density at radius 2 is 1.89 bits per heavy atom. The maximum absolute atomic E-state index is 13.4. The standard InChI is InChI=1S/C16H16BrF4N5O2/c1-2-5-15(18,19)9-28-13-4-3-10(6-24-13)11-7-23-12(8-22-11)25-26-14(27)16(17,20)21/h3-4,6-8H,2,5,9H2,1H3,(H,23,25)(H,26,27). The van der Waals surface area contributed by atoms with E-state index in [9.17, 15) is 22.4 Å². The first-order chi connectivity index (χ1) is 13.1.